The van der Waals surface area contributed by atoms with Gasteiger partial charge in [-0.3, -0.25) is 4.79 Å². The zero-order valence-corrected chi connectivity index (χ0v) is 14.2. The summed E-state index contributed by atoms with van der Waals surface area (Å²) < 4.78 is 0. The molecule has 0 fully saturated rings. The van der Waals surface area contributed by atoms with Gasteiger partial charge in [0.05, 0.1) is 0 Å². The maximum Gasteiger partial charge on any atom is 0.245 e. The lowest BCUT2D eigenvalue weighted by Gasteiger charge is -2.08. The molecular formula is C18H31NO2. The van der Waals surface area contributed by atoms with Crippen molar-refractivity contribution in [3.63, 3.8) is 0 Å². The highest BCUT2D eigenvalue weighted by Gasteiger charge is 2.03. The minimum atomic E-state index is -0.751. The zero-order valence-electron chi connectivity index (χ0n) is 14.2. The first-order valence-electron chi connectivity index (χ1n) is 7.79. The van der Waals surface area contributed by atoms with E-state index in [1.54, 1.807) is 6.08 Å². The van der Waals surface area contributed by atoms with E-state index in [4.69, 9.17) is 0 Å². The molecule has 0 saturated carbocycles. The summed E-state index contributed by atoms with van der Waals surface area (Å²) in [6.45, 7) is 10.2. The number of amides is 1. The van der Waals surface area contributed by atoms with Crippen LogP contribution >= 0.6 is 0 Å². The highest BCUT2D eigenvalue weighted by atomic mass is 16.3. The summed E-state index contributed by atoms with van der Waals surface area (Å²) in [5.74, 6) is -0.217. The van der Waals surface area contributed by atoms with Crippen LogP contribution in [0, 0.1) is 0 Å². The highest BCUT2D eigenvalue weighted by molar-refractivity contribution is 5.88. The average molecular weight is 293 g/mol. The van der Waals surface area contributed by atoms with Gasteiger partial charge in [-0.2, -0.15) is 0 Å². The van der Waals surface area contributed by atoms with E-state index >= 15 is 0 Å². The van der Waals surface area contributed by atoms with Crippen LogP contribution in [0.25, 0.3) is 0 Å². The topological polar surface area (TPSA) is 49.3 Å². The molecule has 0 aromatic rings. The minimum absolute atomic E-state index is 0.217. The Balaban J connectivity index is 4.09. The molecule has 0 aliphatic carbocycles. The molecule has 1 atom stereocenters. The lowest BCUT2D eigenvalue weighted by Crippen LogP contribution is -2.32. The van der Waals surface area contributed by atoms with Gasteiger partial charge in [0, 0.05) is 6.08 Å². The van der Waals surface area contributed by atoms with Crippen molar-refractivity contribution in [2.45, 2.75) is 73.0 Å². The van der Waals surface area contributed by atoms with E-state index in [9.17, 15) is 9.90 Å². The molecule has 2 N–H and O–H groups in total. The van der Waals surface area contributed by atoms with Crippen molar-refractivity contribution >= 4 is 5.91 Å². The molecule has 21 heavy (non-hydrogen) atoms. The first kappa shape index (κ1) is 19.7. The number of carbonyl (C=O) groups excluding carboxylic acids is 1. The number of aliphatic hydroxyl groups excluding tert-OH is 1. The second kappa shape index (κ2) is 11.3. The van der Waals surface area contributed by atoms with E-state index in [-0.39, 0.29) is 5.91 Å². The Morgan fingerprint density at radius 3 is 2.19 bits per heavy atom. The van der Waals surface area contributed by atoms with Crippen molar-refractivity contribution in [1.82, 2.24) is 5.32 Å². The van der Waals surface area contributed by atoms with Crippen LogP contribution < -0.4 is 5.32 Å². The third-order valence-electron chi connectivity index (χ3n) is 3.20. The molecule has 1 amide bonds. The summed E-state index contributed by atoms with van der Waals surface area (Å²) in [5, 5.41) is 11.9. The molecule has 3 nitrogen and oxygen atoms in total. The molecule has 120 valence electrons. The Hall–Kier alpha value is -1.35. The van der Waals surface area contributed by atoms with Crippen LogP contribution in [0.5, 0.6) is 0 Å². The number of hydrogen-bond donors (Lipinski definition) is 2. The monoisotopic (exact) mass is 293 g/mol. The van der Waals surface area contributed by atoms with Gasteiger partial charge < -0.3 is 10.4 Å². The van der Waals surface area contributed by atoms with Crippen LogP contribution in [0.3, 0.4) is 0 Å². The predicted octanol–water partition coefficient (Wildman–Crippen LogP) is 4.25. The Morgan fingerprint density at radius 2 is 1.62 bits per heavy atom. The van der Waals surface area contributed by atoms with E-state index in [0.717, 1.165) is 31.3 Å². The van der Waals surface area contributed by atoms with Gasteiger partial charge in [-0.05, 0) is 59.8 Å². The molecule has 0 aromatic carbocycles. The largest absolute Gasteiger partial charge is 0.374 e. The molecule has 0 radical (unpaired) electrons. The Labute approximate surface area is 129 Å². The third kappa shape index (κ3) is 12.1. The standard InChI is InChI=1S/C18H31NO2/c1-6-17(20)19-18(21)13-16(5)12-8-11-15(4)10-7-9-14(2)3/h9,11,13,17,20H,6-8,10,12H2,1-5H3,(H,19,21). The van der Waals surface area contributed by atoms with Crippen molar-refractivity contribution in [2.75, 3.05) is 0 Å². The minimum Gasteiger partial charge on any atom is -0.374 e. The van der Waals surface area contributed by atoms with Gasteiger partial charge in [-0.15, -0.1) is 0 Å². The first-order chi connectivity index (χ1) is 9.85. The van der Waals surface area contributed by atoms with Gasteiger partial charge in [-0.25, -0.2) is 0 Å². The molecule has 0 aliphatic heterocycles. The van der Waals surface area contributed by atoms with Crippen LogP contribution in [-0.2, 0) is 4.79 Å². The van der Waals surface area contributed by atoms with Crippen molar-refractivity contribution in [1.29, 1.82) is 0 Å². The van der Waals surface area contributed by atoms with Crippen molar-refractivity contribution < 1.29 is 9.90 Å². The normalized spacial score (nSPS) is 13.8. The number of rotatable bonds is 9. The fraction of sp³-hybridized carbons (Fsp3) is 0.611. The molecule has 0 aliphatic rings. The van der Waals surface area contributed by atoms with Crippen LogP contribution in [0.4, 0.5) is 0 Å². The fourth-order valence-electron chi connectivity index (χ4n) is 1.84. The maximum atomic E-state index is 11.6. The van der Waals surface area contributed by atoms with Crippen molar-refractivity contribution in [3.8, 4) is 0 Å². The summed E-state index contributed by atoms with van der Waals surface area (Å²) in [6, 6.07) is 0. The molecule has 0 saturated heterocycles. The lowest BCUT2D eigenvalue weighted by atomic mass is 10.1. The van der Waals surface area contributed by atoms with Crippen LogP contribution in [0.1, 0.15) is 66.7 Å². The summed E-state index contributed by atoms with van der Waals surface area (Å²) in [6.07, 6.45) is 9.85. The Kier molecular flexibility index (Phi) is 10.6. The number of carbonyl (C=O) groups is 1. The van der Waals surface area contributed by atoms with E-state index < -0.39 is 6.23 Å². The van der Waals surface area contributed by atoms with Gasteiger partial charge in [0.15, 0.2) is 0 Å². The second-order valence-electron chi connectivity index (χ2n) is 5.83. The summed E-state index contributed by atoms with van der Waals surface area (Å²) >= 11 is 0. The predicted molar refractivity (Wildman–Crippen MR) is 89.9 cm³/mol. The van der Waals surface area contributed by atoms with Crippen LogP contribution in [-0.4, -0.2) is 17.2 Å². The van der Waals surface area contributed by atoms with Crippen molar-refractivity contribution in [2.24, 2.45) is 0 Å². The van der Waals surface area contributed by atoms with Gasteiger partial charge in [0.25, 0.3) is 0 Å². The molecular weight excluding hydrogens is 262 g/mol. The van der Waals surface area contributed by atoms with Gasteiger partial charge in [0.1, 0.15) is 6.23 Å². The number of aliphatic hydroxyl groups is 1. The molecule has 0 aromatic heterocycles. The summed E-state index contributed by atoms with van der Waals surface area (Å²) in [7, 11) is 0. The van der Waals surface area contributed by atoms with E-state index in [1.807, 2.05) is 13.8 Å². The van der Waals surface area contributed by atoms with Gasteiger partial charge >= 0.3 is 0 Å². The maximum absolute atomic E-state index is 11.6. The highest BCUT2D eigenvalue weighted by Crippen LogP contribution is 2.11. The third-order valence-corrected chi connectivity index (χ3v) is 3.20. The zero-order chi connectivity index (χ0) is 16.3. The second-order valence-corrected chi connectivity index (χ2v) is 5.83. The van der Waals surface area contributed by atoms with Crippen molar-refractivity contribution in [3.05, 3.63) is 34.9 Å². The smallest absolute Gasteiger partial charge is 0.245 e. The van der Waals surface area contributed by atoms with Crippen LogP contribution in [0.2, 0.25) is 0 Å². The number of nitrogens with one attached hydrogen (secondary N) is 1. The average Bonchev–Trinajstić information content (AvgIpc) is 2.37. The SMILES string of the molecule is CCC(O)NC(=O)C=C(C)CCC=C(C)CCC=C(C)C. The summed E-state index contributed by atoms with van der Waals surface area (Å²) in [4.78, 5) is 11.6. The van der Waals surface area contributed by atoms with E-state index in [1.165, 1.54) is 11.1 Å². The fourth-order valence-corrected chi connectivity index (χ4v) is 1.84. The molecule has 3 heteroatoms. The quantitative estimate of drug-likeness (QED) is 0.379. The molecule has 0 bridgehead atoms. The van der Waals surface area contributed by atoms with E-state index in [0.29, 0.717) is 6.42 Å². The molecule has 0 rings (SSSR count). The van der Waals surface area contributed by atoms with Gasteiger partial charge in [0.2, 0.25) is 5.91 Å². The number of hydrogen-bond acceptors (Lipinski definition) is 2. The van der Waals surface area contributed by atoms with Crippen LogP contribution in [0.15, 0.2) is 34.9 Å². The molecule has 0 spiro atoms. The lowest BCUT2D eigenvalue weighted by molar-refractivity contribution is -0.119. The first-order valence-corrected chi connectivity index (χ1v) is 7.79. The number of allylic oxidation sites excluding steroid dienone is 5. The molecule has 1 unspecified atom stereocenters. The van der Waals surface area contributed by atoms with E-state index in [2.05, 4.69) is 38.2 Å². The summed E-state index contributed by atoms with van der Waals surface area (Å²) in [5.41, 5.74) is 3.79. The Bertz CT molecular complexity index is 401. The molecule has 0 heterocycles. The Morgan fingerprint density at radius 1 is 1.05 bits per heavy atom. The van der Waals surface area contributed by atoms with Gasteiger partial charge in [-0.1, -0.05) is 35.8 Å².